The van der Waals surface area contributed by atoms with Crippen LogP contribution in [0, 0.1) is 24.2 Å². The van der Waals surface area contributed by atoms with Crippen LogP contribution in [-0.2, 0) is 9.53 Å². The van der Waals surface area contributed by atoms with Crippen LogP contribution in [0.5, 0.6) is 0 Å². The minimum Gasteiger partial charge on any atom is -0.481 e. The van der Waals surface area contributed by atoms with E-state index in [1.165, 1.54) is 4.90 Å². The summed E-state index contributed by atoms with van der Waals surface area (Å²) in [6, 6.07) is 14.1. The highest BCUT2D eigenvalue weighted by atomic mass is 35.5. The molecule has 0 saturated carbocycles. The molecule has 0 aliphatic heterocycles. The van der Waals surface area contributed by atoms with Crippen molar-refractivity contribution < 1.29 is 24.0 Å². The molecule has 0 unspecified atom stereocenters. The van der Waals surface area contributed by atoms with E-state index in [0.717, 1.165) is 5.56 Å². The molecule has 3 aromatic rings. The molecule has 1 aromatic heterocycles. The number of hydrogen-bond acceptors (Lipinski definition) is 5. The number of anilines is 2. The third kappa shape index (κ3) is 5.41. The van der Waals surface area contributed by atoms with Crippen molar-refractivity contribution in [3.8, 4) is 23.2 Å². The predicted octanol–water partition coefficient (Wildman–Crippen LogP) is 6.45. The van der Waals surface area contributed by atoms with Crippen molar-refractivity contribution >= 4 is 35.0 Å². The zero-order valence-corrected chi connectivity index (χ0v) is 20.1. The molecular weight excluding hydrogens is 456 g/mol. The second kappa shape index (κ2) is 10.4. The largest absolute Gasteiger partial charge is 0.481 e. The van der Waals surface area contributed by atoms with Gasteiger partial charge in [-0.3, -0.25) is 4.79 Å². The number of halogens is 1. The minimum atomic E-state index is -0.922. The Hall–Kier alpha value is -3.76. The van der Waals surface area contributed by atoms with Crippen LogP contribution >= 0.6 is 11.6 Å². The highest BCUT2D eigenvalue weighted by Crippen LogP contribution is 2.40. The van der Waals surface area contributed by atoms with E-state index in [2.05, 4.69) is 17.0 Å². The fourth-order valence-corrected chi connectivity index (χ4v) is 3.32. The van der Waals surface area contributed by atoms with Gasteiger partial charge in [0.1, 0.15) is 11.4 Å². The molecule has 3 rings (SSSR count). The van der Waals surface area contributed by atoms with Gasteiger partial charge < -0.3 is 14.4 Å². The standard InChI is InChI=1S/C26H25ClN2O5/c1-5-33-25(32)29(21-11-7-6-10-20(21)27)22-17(2)28-34-23(22)19-14-12-18(13-15-19)9-8-16-26(3,4)24(30)31/h6-7,10-15H,5,16H2,1-4H3,(H,30,31). The van der Waals surface area contributed by atoms with Crippen molar-refractivity contribution in [3.05, 3.63) is 64.8 Å². The fourth-order valence-electron chi connectivity index (χ4n) is 3.10. The quantitative estimate of drug-likeness (QED) is 0.407. The predicted molar refractivity (Wildman–Crippen MR) is 130 cm³/mol. The van der Waals surface area contributed by atoms with E-state index >= 15 is 0 Å². The summed E-state index contributed by atoms with van der Waals surface area (Å²) in [7, 11) is 0. The SMILES string of the molecule is CCOC(=O)N(c1ccccc1Cl)c1c(C)noc1-c1ccc(C#CCC(C)(C)C(=O)O)cc1. The number of carbonyl (C=O) groups excluding carboxylic acids is 1. The lowest BCUT2D eigenvalue weighted by molar-refractivity contribution is -0.146. The Labute approximate surface area is 203 Å². The molecule has 0 aliphatic rings. The number of aryl methyl sites for hydroxylation is 1. The summed E-state index contributed by atoms with van der Waals surface area (Å²) in [4.78, 5) is 25.5. The van der Waals surface area contributed by atoms with Crippen LogP contribution in [0.2, 0.25) is 5.02 Å². The second-order valence-electron chi connectivity index (χ2n) is 8.18. The Balaban J connectivity index is 1.98. The summed E-state index contributed by atoms with van der Waals surface area (Å²) in [5.74, 6) is 5.38. The Morgan fingerprint density at radius 2 is 1.85 bits per heavy atom. The lowest BCUT2D eigenvalue weighted by Crippen LogP contribution is -2.27. The van der Waals surface area contributed by atoms with Crippen LogP contribution in [0.3, 0.4) is 0 Å². The molecule has 1 heterocycles. The molecule has 8 heteroatoms. The van der Waals surface area contributed by atoms with E-state index in [1.54, 1.807) is 76.2 Å². The van der Waals surface area contributed by atoms with Gasteiger partial charge in [0.15, 0.2) is 5.76 Å². The Morgan fingerprint density at radius 3 is 2.47 bits per heavy atom. The topological polar surface area (TPSA) is 92.9 Å². The molecule has 0 spiro atoms. The van der Waals surface area contributed by atoms with Crippen LogP contribution in [0.15, 0.2) is 53.1 Å². The van der Waals surface area contributed by atoms with Crippen molar-refractivity contribution in [1.29, 1.82) is 0 Å². The summed E-state index contributed by atoms with van der Waals surface area (Å²) in [5, 5.41) is 13.7. The van der Waals surface area contributed by atoms with Crippen molar-refractivity contribution in [2.24, 2.45) is 5.41 Å². The summed E-state index contributed by atoms with van der Waals surface area (Å²) in [6.07, 6.45) is -0.381. The maximum absolute atomic E-state index is 12.9. The summed E-state index contributed by atoms with van der Waals surface area (Å²) in [6.45, 7) is 6.91. The van der Waals surface area contributed by atoms with Gasteiger partial charge in [0.25, 0.3) is 0 Å². The first-order valence-electron chi connectivity index (χ1n) is 10.7. The first-order valence-corrected chi connectivity index (χ1v) is 11.0. The molecule has 0 aliphatic carbocycles. The van der Waals surface area contributed by atoms with E-state index in [9.17, 15) is 14.7 Å². The number of carboxylic acids is 1. The number of hydrogen-bond donors (Lipinski definition) is 1. The highest BCUT2D eigenvalue weighted by Gasteiger charge is 2.30. The summed E-state index contributed by atoms with van der Waals surface area (Å²) in [5.41, 5.74) is 1.83. The number of amides is 1. The van der Waals surface area contributed by atoms with Gasteiger partial charge in [-0.2, -0.15) is 0 Å². The zero-order chi connectivity index (χ0) is 24.9. The summed E-state index contributed by atoms with van der Waals surface area (Å²) >= 11 is 6.40. The molecule has 0 atom stereocenters. The minimum absolute atomic E-state index is 0.186. The molecule has 0 fully saturated rings. The molecule has 0 radical (unpaired) electrons. The third-order valence-electron chi connectivity index (χ3n) is 5.09. The number of rotatable bonds is 6. The second-order valence-corrected chi connectivity index (χ2v) is 8.58. The summed E-state index contributed by atoms with van der Waals surface area (Å²) < 4.78 is 10.9. The van der Waals surface area contributed by atoms with Crippen LogP contribution in [0.4, 0.5) is 16.2 Å². The van der Waals surface area contributed by atoms with E-state index in [1.807, 2.05) is 0 Å². The number of para-hydroxylation sites is 1. The fraction of sp³-hybridized carbons (Fsp3) is 0.269. The molecule has 1 N–H and O–H groups in total. The van der Waals surface area contributed by atoms with Gasteiger partial charge in [-0.05, 0) is 64.1 Å². The van der Waals surface area contributed by atoms with E-state index < -0.39 is 17.5 Å². The molecule has 34 heavy (non-hydrogen) atoms. The highest BCUT2D eigenvalue weighted by molar-refractivity contribution is 6.34. The number of carboxylic acid groups (broad SMARTS) is 1. The van der Waals surface area contributed by atoms with Crippen LogP contribution in [-0.4, -0.2) is 28.9 Å². The lowest BCUT2D eigenvalue weighted by atomic mass is 9.90. The van der Waals surface area contributed by atoms with Gasteiger partial charge >= 0.3 is 12.1 Å². The maximum atomic E-state index is 12.9. The van der Waals surface area contributed by atoms with Crippen molar-refractivity contribution in [2.45, 2.75) is 34.1 Å². The molecule has 0 saturated heterocycles. The zero-order valence-electron chi connectivity index (χ0n) is 19.4. The molecule has 2 aromatic carbocycles. The average molecular weight is 481 g/mol. The van der Waals surface area contributed by atoms with Crippen molar-refractivity contribution in [3.63, 3.8) is 0 Å². The maximum Gasteiger partial charge on any atom is 0.419 e. The monoisotopic (exact) mass is 480 g/mol. The van der Waals surface area contributed by atoms with Crippen molar-refractivity contribution in [2.75, 3.05) is 11.5 Å². The van der Waals surface area contributed by atoms with Crippen molar-refractivity contribution in [1.82, 2.24) is 5.16 Å². The van der Waals surface area contributed by atoms with Crippen LogP contribution in [0.1, 0.15) is 38.4 Å². The number of ether oxygens (including phenoxy) is 1. The molecule has 1 amide bonds. The molecule has 0 bridgehead atoms. The van der Waals surface area contributed by atoms with Gasteiger partial charge in [-0.25, -0.2) is 9.69 Å². The number of aromatic nitrogens is 1. The van der Waals surface area contributed by atoms with Gasteiger partial charge in [0.05, 0.1) is 22.7 Å². The lowest BCUT2D eigenvalue weighted by Gasteiger charge is -2.23. The molecular formula is C26H25ClN2O5. The van der Waals surface area contributed by atoms with E-state index in [-0.39, 0.29) is 13.0 Å². The van der Waals surface area contributed by atoms with Crippen LogP contribution in [0.25, 0.3) is 11.3 Å². The number of nitrogens with zero attached hydrogens (tertiary/aromatic N) is 2. The normalized spacial score (nSPS) is 10.9. The van der Waals surface area contributed by atoms with Gasteiger partial charge in [-0.1, -0.05) is 40.7 Å². The van der Waals surface area contributed by atoms with Gasteiger partial charge in [-0.15, -0.1) is 0 Å². The van der Waals surface area contributed by atoms with E-state index in [0.29, 0.717) is 33.4 Å². The first-order chi connectivity index (χ1) is 16.2. The number of benzene rings is 2. The first kappa shape index (κ1) is 24.9. The Kier molecular flexibility index (Phi) is 7.64. The van der Waals surface area contributed by atoms with Gasteiger partial charge in [0.2, 0.25) is 0 Å². The average Bonchev–Trinajstić information content (AvgIpc) is 3.17. The molecule has 7 nitrogen and oxygen atoms in total. The van der Waals surface area contributed by atoms with E-state index in [4.69, 9.17) is 20.9 Å². The van der Waals surface area contributed by atoms with Gasteiger partial charge in [0, 0.05) is 17.5 Å². The smallest absolute Gasteiger partial charge is 0.419 e. The van der Waals surface area contributed by atoms with Crippen LogP contribution < -0.4 is 4.90 Å². The third-order valence-corrected chi connectivity index (χ3v) is 5.41. The Morgan fingerprint density at radius 1 is 1.18 bits per heavy atom. The molecule has 176 valence electrons. The Bertz CT molecular complexity index is 1250. The number of carbonyl (C=O) groups is 2. The number of aliphatic carboxylic acids is 1.